The average molecular weight is 291 g/mol. The topological polar surface area (TPSA) is 34.2 Å². The summed E-state index contributed by atoms with van der Waals surface area (Å²) >= 11 is 6.14. The Morgan fingerprint density at radius 3 is 2.70 bits per heavy atom. The van der Waals surface area contributed by atoms with Crippen molar-refractivity contribution in [3.05, 3.63) is 52.7 Å². The molecule has 4 heteroatoms. The van der Waals surface area contributed by atoms with E-state index < -0.39 is 0 Å². The monoisotopic (exact) mass is 290 g/mol. The molecule has 3 nitrogen and oxygen atoms in total. The number of nitrogens with zero attached hydrogens (tertiary/aromatic N) is 1. The molecule has 0 atom stereocenters. The highest BCUT2D eigenvalue weighted by Gasteiger charge is 2.07. The lowest BCUT2D eigenvalue weighted by molar-refractivity contribution is 0.454. The maximum absolute atomic E-state index is 6.14. The zero-order valence-electron chi connectivity index (χ0n) is 11.8. The van der Waals surface area contributed by atoms with Crippen LogP contribution in [0.2, 0.25) is 5.02 Å². The Morgan fingerprint density at radius 2 is 1.95 bits per heavy atom. The number of ether oxygens (including phenoxy) is 1. The quantitative estimate of drug-likeness (QED) is 0.866. The first-order chi connectivity index (χ1) is 9.74. The van der Waals surface area contributed by atoms with Crippen molar-refractivity contribution in [3.63, 3.8) is 0 Å². The lowest BCUT2D eigenvalue weighted by Crippen LogP contribution is -2.13. The van der Waals surface area contributed by atoms with Crippen LogP contribution < -0.4 is 10.1 Å². The number of hydrogen-bond donors (Lipinski definition) is 1. The minimum absolute atomic E-state index is 0.572. The fourth-order valence-electron chi connectivity index (χ4n) is 1.90. The summed E-state index contributed by atoms with van der Waals surface area (Å²) in [4.78, 5) is 4.46. The Kier molecular flexibility index (Phi) is 5.39. The summed E-state index contributed by atoms with van der Waals surface area (Å²) in [7, 11) is 0. The van der Waals surface area contributed by atoms with E-state index >= 15 is 0 Å². The number of nitrogens with one attached hydrogen (secondary N) is 1. The number of halogens is 1. The van der Waals surface area contributed by atoms with Crippen molar-refractivity contribution >= 4 is 11.6 Å². The standard InChI is InChI=1S/C16H19ClN2O/c1-3-12-7-5-6-8-15(12)20-16-10-9-13(17)14(19-16)11-18-4-2/h5-10,18H,3-4,11H2,1-2H3. The number of aryl methyl sites for hydroxylation is 1. The van der Waals surface area contributed by atoms with Gasteiger partial charge in [0.1, 0.15) is 5.75 Å². The van der Waals surface area contributed by atoms with Crippen LogP contribution in [0.15, 0.2) is 36.4 Å². The molecular weight excluding hydrogens is 272 g/mol. The second-order valence-electron chi connectivity index (χ2n) is 4.42. The predicted molar refractivity (Wildman–Crippen MR) is 82.5 cm³/mol. The van der Waals surface area contributed by atoms with E-state index in [1.54, 1.807) is 6.07 Å². The Morgan fingerprint density at radius 1 is 1.15 bits per heavy atom. The van der Waals surface area contributed by atoms with Gasteiger partial charge in [0.2, 0.25) is 5.88 Å². The number of aromatic nitrogens is 1. The summed E-state index contributed by atoms with van der Waals surface area (Å²) in [6.07, 6.45) is 0.925. The summed E-state index contributed by atoms with van der Waals surface area (Å²) in [6.45, 7) is 5.67. The summed E-state index contributed by atoms with van der Waals surface area (Å²) in [5, 5.41) is 3.87. The molecule has 2 rings (SSSR count). The Balaban J connectivity index is 2.20. The average Bonchev–Trinajstić information content (AvgIpc) is 2.48. The van der Waals surface area contributed by atoms with Gasteiger partial charge in [-0.2, -0.15) is 0 Å². The third kappa shape index (κ3) is 3.71. The lowest BCUT2D eigenvalue weighted by Gasteiger charge is -2.11. The molecule has 0 bridgehead atoms. The van der Waals surface area contributed by atoms with E-state index in [2.05, 4.69) is 23.3 Å². The molecule has 0 spiro atoms. The molecule has 0 saturated heterocycles. The first-order valence-electron chi connectivity index (χ1n) is 6.86. The fourth-order valence-corrected chi connectivity index (χ4v) is 2.07. The van der Waals surface area contributed by atoms with Gasteiger partial charge in [-0.05, 0) is 30.7 Å². The number of para-hydroxylation sites is 1. The van der Waals surface area contributed by atoms with Crippen LogP contribution in [0.3, 0.4) is 0 Å². The molecule has 2 aromatic rings. The molecule has 1 heterocycles. The second kappa shape index (κ2) is 7.27. The molecule has 0 aliphatic rings. The van der Waals surface area contributed by atoms with Crippen molar-refractivity contribution in [1.29, 1.82) is 0 Å². The van der Waals surface area contributed by atoms with Crippen molar-refractivity contribution in [2.45, 2.75) is 26.8 Å². The van der Waals surface area contributed by atoms with E-state index in [1.165, 1.54) is 0 Å². The second-order valence-corrected chi connectivity index (χ2v) is 4.83. The van der Waals surface area contributed by atoms with Crippen LogP contribution in [-0.4, -0.2) is 11.5 Å². The van der Waals surface area contributed by atoms with E-state index in [0.717, 1.165) is 30.0 Å². The molecule has 0 aliphatic carbocycles. The molecular formula is C16H19ClN2O. The van der Waals surface area contributed by atoms with Crippen molar-refractivity contribution in [2.24, 2.45) is 0 Å². The fraction of sp³-hybridized carbons (Fsp3) is 0.312. The highest BCUT2D eigenvalue weighted by molar-refractivity contribution is 6.31. The molecule has 0 aliphatic heterocycles. The number of pyridine rings is 1. The molecule has 0 unspecified atom stereocenters. The summed E-state index contributed by atoms with van der Waals surface area (Å²) < 4.78 is 5.88. The van der Waals surface area contributed by atoms with Crippen LogP contribution in [0, 0.1) is 0 Å². The van der Waals surface area contributed by atoms with Gasteiger partial charge in [-0.15, -0.1) is 0 Å². The van der Waals surface area contributed by atoms with Crippen molar-refractivity contribution < 1.29 is 4.74 Å². The number of hydrogen-bond acceptors (Lipinski definition) is 3. The van der Waals surface area contributed by atoms with Gasteiger partial charge in [0.05, 0.1) is 10.7 Å². The number of benzene rings is 1. The van der Waals surface area contributed by atoms with Gasteiger partial charge in [0.25, 0.3) is 0 Å². The van der Waals surface area contributed by atoms with Crippen LogP contribution >= 0.6 is 11.6 Å². The molecule has 1 aromatic heterocycles. The molecule has 0 saturated carbocycles. The van der Waals surface area contributed by atoms with E-state index in [9.17, 15) is 0 Å². The lowest BCUT2D eigenvalue weighted by atomic mass is 10.1. The molecule has 1 aromatic carbocycles. The minimum atomic E-state index is 0.572. The first-order valence-corrected chi connectivity index (χ1v) is 7.24. The van der Waals surface area contributed by atoms with Gasteiger partial charge < -0.3 is 10.1 Å². The van der Waals surface area contributed by atoms with E-state index in [0.29, 0.717) is 17.4 Å². The minimum Gasteiger partial charge on any atom is -0.439 e. The molecule has 0 radical (unpaired) electrons. The highest BCUT2D eigenvalue weighted by atomic mass is 35.5. The zero-order valence-corrected chi connectivity index (χ0v) is 12.6. The van der Waals surface area contributed by atoms with Crippen LogP contribution in [0.4, 0.5) is 0 Å². The van der Waals surface area contributed by atoms with Gasteiger partial charge in [-0.3, -0.25) is 0 Å². The molecule has 106 valence electrons. The van der Waals surface area contributed by atoms with Gasteiger partial charge in [0.15, 0.2) is 0 Å². The van der Waals surface area contributed by atoms with Gasteiger partial charge in [-0.1, -0.05) is 43.6 Å². The first kappa shape index (κ1) is 14.8. The summed E-state index contributed by atoms with van der Waals surface area (Å²) in [6, 6.07) is 11.6. The van der Waals surface area contributed by atoms with E-state index in [1.807, 2.05) is 31.2 Å². The molecule has 20 heavy (non-hydrogen) atoms. The van der Waals surface area contributed by atoms with Crippen LogP contribution in [0.5, 0.6) is 11.6 Å². The SMILES string of the molecule is CCNCc1nc(Oc2ccccc2CC)ccc1Cl. The maximum atomic E-state index is 6.14. The molecule has 1 N–H and O–H groups in total. The summed E-state index contributed by atoms with van der Waals surface area (Å²) in [5.74, 6) is 1.42. The third-order valence-corrected chi connectivity index (χ3v) is 3.35. The van der Waals surface area contributed by atoms with Crippen LogP contribution in [0.25, 0.3) is 0 Å². The summed E-state index contributed by atoms with van der Waals surface area (Å²) in [5.41, 5.74) is 1.97. The Labute approximate surface area is 124 Å². The van der Waals surface area contributed by atoms with Gasteiger partial charge in [0, 0.05) is 12.6 Å². The molecule has 0 amide bonds. The Bertz CT molecular complexity index is 572. The largest absolute Gasteiger partial charge is 0.439 e. The van der Waals surface area contributed by atoms with Gasteiger partial charge in [-0.25, -0.2) is 4.98 Å². The van der Waals surface area contributed by atoms with Gasteiger partial charge >= 0.3 is 0 Å². The van der Waals surface area contributed by atoms with Crippen LogP contribution in [0.1, 0.15) is 25.1 Å². The third-order valence-electron chi connectivity index (χ3n) is 3.00. The van der Waals surface area contributed by atoms with Crippen LogP contribution in [-0.2, 0) is 13.0 Å². The van der Waals surface area contributed by atoms with Crippen molar-refractivity contribution in [3.8, 4) is 11.6 Å². The highest BCUT2D eigenvalue weighted by Crippen LogP contribution is 2.26. The maximum Gasteiger partial charge on any atom is 0.219 e. The smallest absolute Gasteiger partial charge is 0.219 e. The van der Waals surface area contributed by atoms with E-state index in [-0.39, 0.29) is 0 Å². The van der Waals surface area contributed by atoms with Crippen molar-refractivity contribution in [2.75, 3.05) is 6.54 Å². The Hall–Kier alpha value is -1.58. The van der Waals surface area contributed by atoms with Crippen molar-refractivity contribution in [1.82, 2.24) is 10.3 Å². The zero-order chi connectivity index (χ0) is 14.4. The molecule has 0 fully saturated rings. The number of rotatable bonds is 6. The predicted octanol–water partition coefficient (Wildman–Crippen LogP) is 4.20. The normalized spacial score (nSPS) is 10.6. The van der Waals surface area contributed by atoms with E-state index in [4.69, 9.17) is 16.3 Å².